The summed E-state index contributed by atoms with van der Waals surface area (Å²) in [7, 11) is 0. The summed E-state index contributed by atoms with van der Waals surface area (Å²) in [6.45, 7) is 0. The van der Waals surface area contributed by atoms with E-state index < -0.39 is 0 Å². The summed E-state index contributed by atoms with van der Waals surface area (Å²) >= 11 is 0. The van der Waals surface area contributed by atoms with Gasteiger partial charge in [-0.2, -0.15) is 0 Å². The molecule has 2 nitrogen and oxygen atoms in total. The van der Waals surface area contributed by atoms with Crippen LogP contribution in [0.25, 0.3) is 76.2 Å². The van der Waals surface area contributed by atoms with Gasteiger partial charge in [-0.15, -0.1) is 0 Å². The second-order valence-corrected chi connectivity index (χ2v) is 9.46. The van der Waals surface area contributed by atoms with Crippen molar-refractivity contribution < 1.29 is 9.52 Å². The van der Waals surface area contributed by atoms with Crippen LogP contribution in [0.3, 0.4) is 0 Å². The lowest BCUT2D eigenvalue weighted by atomic mass is 9.89. The van der Waals surface area contributed by atoms with Crippen molar-refractivity contribution in [2.75, 3.05) is 0 Å². The molecule has 2 heteroatoms. The largest absolute Gasteiger partial charge is 0.507 e. The number of fused-ring (bicyclic) bond motifs is 9. The van der Waals surface area contributed by atoms with Gasteiger partial charge in [0.15, 0.2) is 0 Å². The van der Waals surface area contributed by atoms with Crippen LogP contribution in [0.4, 0.5) is 0 Å². The van der Waals surface area contributed by atoms with E-state index in [1.54, 1.807) is 6.07 Å². The number of phenolic OH excluding ortho intramolecular Hbond substituents is 1. The highest BCUT2D eigenvalue weighted by Gasteiger charge is 2.20. The van der Waals surface area contributed by atoms with Gasteiger partial charge in [-0.3, -0.25) is 0 Å². The van der Waals surface area contributed by atoms with Gasteiger partial charge < -0.3 is 9.52 Å². The zero-order chi connectivity index (χ0) is 23.8. The van der Waals surface area contributed by atoms with Gasteiger partial charge >= 0.3 is 0 Å². The van der Waals surface area contributed by atoms with Crippen LogP contribution in [-0.4, -0.2) is 5.11 Å². The van der Waals surface area contributed by atoms with Crippen LogP contribution in [-0.2, 0) is 0 Å². The van der Waals surface area contributed by atoms with E-state index in [0.717, 1.165) is 43.6 Å². The van der Waals surface area contributed by atoms with Crippen molar-refractivity contribution in [3.05, 3.63) is 115 Å². The molecule has 0 bridgehead atoms. The van der Waals surface area contributed by atoms with Gasteiger partial charge in [-0.25, -0.2) is 0 Å². The van der Waals surface area contributed by atoms with Crippen LogP contribution < -0.4 is 0 Å². The third-order valence-electron chi connectivity index (χ3n) is 7.53. The first-order valence-electron chi connectivity index (χ1n) is 12.2. The van der Waals surface area contributed by atoms with Crippen molar-refractivity contribution in [1.29, 1.82) is 0 Å². The van der Waals surface area contributed by atoms with Crippen LogP contribution in [0.15, 0.2) is 120 Å². The number of aromatic hydroxyl groups is 1. The highest BCUT2D eigenvalue weighted by atomic mass is 16.3. The monoisotopic (exact) mass is 460 g/mol. The van der Waals surface area contributed by atoms with Crippen LogP contribution in [0, 0.1) is 0 Å². The first-order chi connectivity index (χ1) is 17.8. The van der Waals surface area contributed by atoms with Gasteiger partial charge in [0.1, 0.15) is 16.9 Å². The Morgan fingerprint density at radius 1 is 0.444 bits per heavy atom. The minimum atomic E-state index is 0.234. The average molecular weight is 461 g/mol. The maximum absolute atomic E-state index is 11.0. The van der Waals surface area contributed by atoms with E-state index in [4.69, 9.17) is 4.42 Å². The zero-order valence-electron chi connectivity index (χ0n) is 19.3. The van der Waals surface area contributed by atoms with Crippen LogP contribution >= 0.6 is 0 Å². The summed E-state index contributed by atoms with van der Waals surface area (Å²) in [5.41, 5.74) is 3.63. The standard InChI is InChI=1S/C34H20O2/c35-30-18-17-27(34-32(30)28-16-14-21-8-2-6-12-25(21)33(28)36-34)31-24-11-5-3-9-22(24)19-29-23-10-4-1-7-20(23)13-15-26(29)31/h1-19,35H. The normalized spacial score (nSPS) is 12.0. The van der Waals surface area contributed by atoms with Gasteiger partial charge in [-0.05, 0) is 62.0 Å². The third kappa shape index (κ3) is 2.56. The molecule has 7 aromatic carbocycles. The Morgan fingerprint density at radius 3 is 1.89 bits per heavy atom. The topological polar surface area (TPSA) is 33.4 Å². The van der Waals surface area contributed by atoms with Crippen molar-refractivity contribution in [2.24, 2.45) is 0 Å². The fourth-order valence-electron chi connectivity index (χ4n) is 5.90. The lowest BCUT2D eigenvalue weighted by Gasteiger charge is -2.14. The number of benzene rings is 7. The van der Waals surface area contributed by atoms with Gasteiger partial charge in [0.2, 0.25) is 0 Å². The van der Waals surface area contributed by atoms with Gasteiger partial charge in [0.05, 0.1) is 5.39 Å². The molecule has 1 N–H and O–H groups in total. The summed E-state index contributed by atoms with van der Waals surface area (Å²) in [6, 6.07) is 39.9. The SMILES string of the molecule is Oc1ccc(-c2c3ccccc3cc3c2ccc2ccccc23)c2oc3c4ccccc4ccc3c12. The van der Waals surface area contributed by atoms with Crippen molar-refractivity contribution in [3.63, 3.8) is 0 Å². The maximum atomic E-state index is 11.0. The lowest BCUT2D eigenvalue weighted by molar-refractivity contribution is 0.481. The molecular weight excluding hydrogens is 440 g/mol. The van der Waals surface area contributed by atoms with Crippen molar-refractivity contribution in [2.45, 2.75) is 0 Å². The van der Waals surface area contributed by atoms with E-state index in [0.29, 0.717) is 5.58 Å². The quantitative estimate of drug-likeness (QED) is 0.195. The maximum Gasteiger partial charge on any atom is 0.147 e. The Balaban J connectivity index is 1.60. The molecule has 36 heavy (non-hydrogen) atoms. The summed E-state index contributed by atoms with van der Waals surface area (Å²) < 4.78 is 6.66. The molecular formula is C34H20O2. The third-order valence-corrected chi connectivity index (χ3v) is 7.53. The van der Waals surface area contributed by atoms with Crippen LogP contribution in [0.5, 0.6) is 5.75 Å². The molecule has 1 aromatic heterocycles. The predicted octanol–water partition coefficient (Wildman–Crippen LogP) is 9.57. The molecule has 0 fully saturated rings. The van der Waals surface area contributed by atoms with E-state index >= 15 is 0 Å². The van der Waals surface area contributed by atoms with E-state index in [9.17, 15) is 5.11 Å². The highest BCUT2D eigenvalue weighted by molar-refractivity contribution is 6.25. The Labute approximate surface area is 206 Å². The van der Waals surface area contributed by atoms with Crippen LogP contribution in [0.1, 0.15) is 0 Å². The molecule has 1 heterocycles. The van der Waals surface area contributed by atoms with E-state index in [1.165, 1.54) is 26.9 Å². The molecule has 0 atom stereocenters. The Hall–Kier alpha value is -4.82. The van der Waals surface area contributed by atoms with E-state index in [2.05, 4.69) is 91.0 Å². The van der Waals surface area contributed by atoms with E-state index in [1.807, 2.05) is 18.2 Å². The Bertz CT molecular complexity index is 2170. The first kappa shape index (κ1) is 19.5. The average Bonchev–Trinajstić information content (AvgIpc) is 3.33. The molecule has 0 saturated carbocycles. The second kappa shape index (κ2) is 7.10. The number of hydrogen-bond acceptors (Lipinski definition) is 2. The van der Waals surface area contributed by atoms with Gasteiger partial charge in [-0.1, -0.05) is 91.0 Å². The molecule has 0 spiro atoms. The van der Waals surface area contributed by atoms with Crippen molar-refractivity contribution >= 4 is 65.0 Å². The van der Waals surface area contributed by atoms with Crippen LogP contribution in [0.2, 0.25) is 0 Å². The molecule has 0 aliphatic carbocycles. The molecule has 0 aliphatic rings. The first-order valence-corrected chi connectivity index (χ1v) is 12.2. The van der Waals surface area contributed by atoms with Crippen molar-refractivity contribution in [1.82, 2.24) is 0 Å². The van der Waals surface area contributed by atoms with Gasteiger partial charge in [0.25, 0.3) is 0 Å². The molecule has 8 aromatic rings. The number of rotatable bonds is 1. The van der Waals surface area contributed by atoms with Gasteiger partial charge in [0, 0.05) is 21.9 Å². The van der Waals surface area contributed by atoms with Crippen molar-refractivity contribution in [3.8, 4) is 16.9 Å². The molecule has 0 unspecified atom stereocenters. The summed E-state index contributed by atoms with van der Waals surface area (Å²) in [5, 5.41) is 22.0. The smallest absolute Gasteiger partial charge is 0.147 e. The molecule has 0 amide bonds. The molecule has 8 rings (SSSR count). The Kier molecular flexibility index (Phi) is 3.84. The molecule has 0 saturated heterocycles. The number of furan rings is 1. The fourth-order valence-corrected chi connectivity index (χ4v) is 5.90. The number of phenols is 1. The molecule has 0 aliphatic heterocycles. The summed E-state index contributed by atoms with van der Waals surface area (Å²) in [6.07, 6.45) is 0. The summed E-state index contributed by atoms with van der Waals surface area (Å²) in [5.74, 6) is 0.234. The number of hydrogen-bond donors (Lipinski definition) is 1. The minimum absolute atomic E-state index is 0.234. The fraction of sp³-hybridized carbons (Fsp3) is 0. The van der Waals surface area contributed by atoms with E-state index in [-0.39, 0.29) is 5.75 Å². The highest BCUT2D eigenvalue weighted by Crippen LogP contribution is 2.46. The predicted molar refractivity (Wildman–Crippen MR) is 151 cm³/mol. The molecule has 168 valence electrons. The zero-order valence-corrected chi connectivity index (χ0v) is 19.3. The Morgan fingerprint density at radius 2 is 1.08 bits per heavy atom. The molecule has 0 radical (unpaired) electrons. The lowest BCUT2D eigenvalue weighted by Crippen LogP contribution is -1.88. The minimum Gasteiger partial charge on any atom is -0.507 e. The summed E-state index contributed by atoms with van der Waals surface area (Å²) in [4.78, 5) is 0. The second-order valence-electron chi connectivity index (χ2n) is 9.46.